The van der Waals surface area contributed by atoms with E-state index in [1.54, 1.807) is 4.68 Å². The molecule has 1 aliphatic rings. The van der Waals surface area contributed by atoms with Gasteiger partial charge in [0.1, 0.15) is 5.82 Å². The van der Waals surface area contributed by atoms with Crippen molar-refractivity contribution in [2.45, 2.75) is 38.4 Å². The molecular formula is C16H14F3N3. The fraction of sp³-hybridized carbons (Fsp3) is 0.375. The largest absolute Gasteiger partial charge is 0.416 e. The molecule has 0 spiro atoms. The first-order valence-corrected chi connectivity index (χ1v) is 6.99. The molecule has 1 aromatic carbocycles. The highest BCUT2D eigenvalue weighted by atomic mass is 19.4. The molecule has 1 aromatic heterocycles. The quantitative estimate of drug-likeness (QED) is 0.755. The molecule has 0 amide bonds. The number of nitrogens with zero attached hydrogens (tertiary/aromatic N) is 3. The van der Waals surface area contributed by atoms with Crippen LogP contribution < -0.4 is 0 Å². The van der Waals surface area contributed by atoms with Gasteiger partial charge >= 0.3 is 6.18 Å². The lowest BCUT2D eigenvalue weighted by Crippen LogP contribution is -2.19. The van der Waals surface area contributed by atoms with E-state index in [2.05, 4.69) is 16.0 Å². The Morgan fingerprint density at radius 3 is 2.82 bits per heavy atom. The van der Waals surface area contributed by atoms with Gasteiger partial charge in [-0.3, -0.25) is 0 Å². The lowest BCUT2D eigenvalue weighted by Gasteiger charge is -2.24. The van der Waals surface area contributed by atoms with Crippen LogP contribution in [0.3, 0.4) is 0 Å². The second-order valence-corrected chi connectivity index (χ2v) is 5.43. The fourth-order valence-electron chi connectivity index (χ4n) is 2.90. The molecule has 3 nitrogen and oxygen atoms in total. The standard InChI is InChI=1S/C16H14F3N3/c1-3-14-20-15-12(5-4-8-22(15)21-14)13-9-11(16(17,18)19)7-6-10(13)2/h1,6-7,9,12H,4-5,8H2,2H3. The molecule has 0 bridgehead atoms. The zero-order valence-corrected chi connectivity index (χ0v) is 12.0. The van der Waals surface area contributed by atoms with Crippen molar-refractivity contribution in [2.24, 2.45) is 0 Å². The van der Waals surface area contributed by atoms with Crippen molar-refractivity contribution in [3.8, 4) is 12.3 Å². The Balaban J connectivity index is 2.10. The van der Waals surface area contributed by atoms with Gasteiger partial charge in [0.2, 0.25) is 5.82 Å². The van der Waals surface area contributed by atoms with Gasteiger partial charge in [-0.1, -0.05) is 6.07 Å². The summed E-state index contributed by atoms with van der Waals surface area (Å²) < 4.78 is 40.6. The summed E-state index contributed by atoms with van der Waals surface area (Å²) in [6.07, 6.45) is 2.54. The van der Waals surface area contributed by atoms with Crippen LogP contribution in [0.5, 0.6) is 0 Å². The van der Waals surface area contributed by atoms with Crippen LogP contribution in [0.25, 0.3) is 0 Å². The molecule has 0 saturated heterocycles. The van der Waals surface area contributed by atoms with Crippen molar-refractivity contribution < 1.29 is 13.2 Å². The number of aromatic nitrogens is 3. The van der Waals surface area contributed by atoms with Crippen LogP contribution in [-0.2, 0) is 12.7 Å². The van der Waals surface area contributed by atoms with E-state index in [4.69, 9.17) is 6.42 Å². The maximum absolute atomic E-state index is 13.0. The maximum atomic E-state index is 13.0. The zero-order valence-electron chi connectivity index (χ0n) is 12.0. The van der Waals surface area contributed by atoms with Crippen LogP contribution in [0.4, 0.5) is 13.2 Å². The molecule has 1 atom stereocenters. The molecule has 0 saturated carbocycles. The Hall–Kier alpha value is -2.29. The summed E-state index contributed by atoms with van der Waals surface area (Å²) in [6.45, 7) is 2.51. The fourth-order valence-corrected chi connectivity index (χ4v) is 2.90. The van der Waals surface area contributed by atoms with E-state index in [-0.39, 0.29) is 11.7 Å². The summed E-state index contributed by atoms with van der Waals surface area (Å²) in [5.74, 6) is 3.12. The van der Waals surface area contributed by atoms with Crippen molar-refractivity contribution in [2.75, 3.05) is 0 Å². The highest BCUT2D eigenvalue weighted by Crippen LogP contribution is 2.37. The van der Waals surface area contributed by atoms with E-state index in [0.29, 0.717) is 17.9 Å². The third-order valence-electron chi connectivity index (χ3n) is 3.99. The normalized spacial score (nSPS) is 17.9. The van der Waals surface area contributed by atoms with Crippen molar-refractivity contribution in [1.29, 1.82) is 0 Å². The summed E-state index contributed by atoms with van der Waals surface area (Å²) in [4.78, 5) is 4.29. The number of fused-ring (bicyclic) bond motifs is 1. The first kappa shape index (κ1) is 14.6. The molecule has 3 rings (SSSR count). The Morgan fingerprint density at radius 1 is 1.36 bits per heavy atom. The van der Waals surface area contributed by atoms with Crippen LogP contribution in [-0.4, -0.2) is 14.8 Å². The van der Waals surface area contributed by atoms with E-state index in [0.717, 1.165) is 24.5 Å². The van der Waals surface area contributed by atoms with Crippen molar-refractivity contribution in [3.63, 3.8) is 0 Å². The molecule has 1 unspecified atom stereocenters. The summed E-state index contributed by atoms with van der Waals surface area (Å²) >= 11 is 0. The number of terminal acetylenes is 1. The van der Waals surface area contributed by atoms with Crippen LogP contribution in [0, 0.1) is 19.3 Å². The number of benzene rings is 1. The highest BCUT2D eigenvalue weighted by molar-refractivity contribution is 5.38. The van der Waals surface area contributed by atoms with Crippen molar-refractivity contribution in [1.82, 2.24) is 14.8 Å². The summed E-state index contributed by atoms with van der Waals surface area (Å²) in [6, 6.07) is 3.84. The van der Waals surface area contributed by atoms with Crippen molar-refractivity contribution >= 4 is 0 Å². The first-order valence-electron chi connectivity index (χ1n) is 6.99. The Morgan fingerprint density at radius 2 is 2.14 bits per heavy atom. The molecule has 2 aromatic rings. The second-order valence-electron chi connectivity index (χ2n) is 5.43. The van der Waals surface area contributed by atoms with Gasteiger partial charge in [0, 0.05) is 12.5 Å². The maximum Gasteiger partial charge on any atom is 0.416 e. The number of alkyl halides is 3. The molecule has 1 aliphatic heterocycles. The average molecular weight is 305 g/mol. The van der Waals surface area contributed by atoms with Gasteiger partial charge in [0.05, 0.1) is 5.56 Å². The minimum absolute atomic E-state index is 0.203. The molecule has 0 aliphatic carbocycles. The molecule has 0 fully saturated rings. The average Bonchev–Trinajstić information content (AvgIpc) is 2.89. The minimum Gasteiger partial charge on any atom is -0.248 e. The second kappa shape index (κ2) is 5.16. The summed E-state index contributed by atoms with van der Waals surface area (Å²) in [5, 5.41) is 4.19. The number of aryl methyl sites for hydroxylation is 2. The number of halogens is 3. The van der Waals surface area contributed by atoms with Crippen LogP contribution in [0.15, 0.2) is 18.2 Å². The summed E-state index contributed by atoms with van der Waals surface area (Å²) in [5.41, 5.74) is 0.824. The molecule has 114 valence electrons. The lowest BCUT2D eigenvalue weighted by molar-refractivity contribution is -0.137. The molecule has 22 heavy (non-hydrogen) atoms. The molecule has 2 heterocycles. The van der Waals surface area contributed by atoms with Gasteiger partial charge in [-0.05, 0) is 48.9 Å². The van der Waals surface area contributed by atoms with Gasteiger partial charge in [0.25, 0.3) is 0 Å². The van der Waals surface area contributed by atoms with Gasteiger partial charge in [0.15, 0.2) is 0 Å². The SMILES string of the molecule is C#Cc1nc2n(n1)CCCC2c1cc(C(F)(F)F)ccc1C. The van der Waals surface area contributed by atoms with E-state index in [9.17, 15) is 13.2 Å². The highest BCUT2D eigenvalue weighted by Gasteiger charge is 2.33. The van der Waals surface area contributed by atoms with Gasteiger partial charge in [-0.2, -0.15) is 13.2 Å². The smallest absolute Gasteiger partial charge is 0.248 e. The van der Waals surface area contributed by atoms with Crippen LogP contribution in [0.2, 0.25) is 0 Å². The van der Waals surface area contributed by atoms with E-state index in [1.165, 1.54) is 12.1 Å². The Kier molecular flexibility index (Phi) is 3.44. The Bertz CT molecular complexity index is 753. The van der Waals surface area contributed by atoms with Gasteiger partial charge in [-0.15, -0.1) is 11.5 Å². The summed E-state index contributed by atoms with van der Waals surface area (Å²) in [7, 11) is 0. The lowest BCUT2D eigenvalue weighted by atomic mass is 9.87. The van der Waals surface area contributed by atoms with E-state index >= 15 is 0 Å². The topological polar surface area (TPSA) is 30.7 Å². The monoisotopic (exact) mass is 305 g/mol. The number of rotatable bonds is 1. The van der Waals surface area contributed by atoms with Crippen LogP contribution >= 0.6 is 0 Å². The number of hydrogen-bond acceptors (Lipinski definition) is 2. The van der Waals surface area contributed by atoms with E-state index < -0.39 is 11.7 Å². The van der Waals surface area contributed by atoms with Gasteiger partial charge < -0.3 is 0 Å². The molecule has 0 N–H and O–H groups in total. The first-order chi connectivity index (χ1) is 10.4. The molecule has 6 heteroatoms. The van der Waals surface area contributed by atoms with Crippen molar-refractivity contribution in [3.05, 3.63) is 46.5 Å². The number of hydrogen-bond donors (Lipinski definition) is 0. The molecule has 0 radical (unpaired) electrons. The third kappa shape index (κ3) is 2.47. The predicted molar refractivity (Wildman–Crippen MR) is 75.2 cm³/mol. The Labute approximate surface area is 126 Å². The minimum atomic E-state index is -4.35. The predicted octanol–water partition coefficient (Wildman–Crippen LogP) is 3.51. The zero-order chi connectivity index (χ0) is 15.9. The third-order valence-corrected chi connectivity index (χ3v) is 3.99. The molecular weight excluding hydrogens is 291 g/mol. The van der Waals surface area contributed by atoms with Gasteiger partial charge in [-0.25, -0.2) is 9.67 Å². The van der Waals surface area contributed by atoms with E-state index in [1.807, 2.05) is 6.92 Å². The van der Waals surface area contributed by atoms with Crippen LogP contribution in [0.1, 0.15) is 47.1 Å².